The number of hydrogen-bond acceptors (Lipinski definition) is 3. The smallest absolute Gasteiger partial charge is 0.373 e. The molecule has 0 bridgehead atoms. The summed E-state index contributed by atoms with van der Waals surface area (Å²) in [7, 11) is 0. The molecule has 208 valence electrons. The van der Waals surface area contributed by atoms with Gasteiger partial charge in [-0.25, -0.2) is 4.79 Å². The topological polar surface area (TPSA) is 46.5 Å². The number of aliphatic hydroxyl groups excluding tert-OH is 1. The van der Waals surface area contributed by atoms with Crippen LogP contribution in [-0.4, -0.2) is 17.2 Å². The van der Waals surface area contributed by atoms with Crippen LogP contribution in [0.15, 0.2) is 11.3 Å². The van der Waals surface area contributed by atoms with Crippen LogP contribution in [0.2, 0.25) is 0 Å². The molecule has 0 atom stereocenters. The molecule has 0 aromatic heterocycles. The molecule has 3 aliphatic carbocycles. The first-order valence-electron chi connectivity index (χ1n) is 16.4. The molecule has 3 rings (SSSR count). The van der Waals surface area contributed by atoms with Gasteiger partial charge in [-0.3, -0.25) is 0 Å². The van der Waals surface area contributed by atoms with Crippen LogP contribution in [0.1, 0.15) is 173 Å². The molecule has 3 saturated carbocycles. The van der Waals surface area contributed by atoms with Gasteiger partial charge >= 0.3 is 5.97 Å². The minimum atomic E-state index is -0.402. The Balaban J connectivity index is 1.79. The number of aliphatic hydroxyl groups is 1. The van der Waals surface area contributed by atoms with Gasteiger partial charge in [0, 0.05) is 0 Å². The van der Waals surface area contributed by atoms with E-state index in [-0.39, 0.29) is 11.9 Å². The third kappa shape index (κ3) is 11.2. The Morgan fingerprint density at radius 2 is 0.722 bits per heavy atom. The summed E-state index contributed by atoms with van der Waals surface area (Å²) >= 11 is 0. The van der Waals surface area contributed by atoms with Crippen LogP contribution >= 0.6 is 0 Å². The number of carbonyl (C=O) groups is 1. The average Bonchev–Trinajstić information content (AvgIpc) is 2.90. The first kappa shape index (κ1) is 29.6. The number of rotatable bonds is 4. The van der Waals surface area contributed by atoms with E-state index in [1.54, 1.807) is 0 Å². The Hall–Kier alpha value is -0.990. The molecular formula is C33H58O3. The highest BCUT2D eigenvalue weighted by atomic mass is 16.6. The third-order valence-corrected chi connectivity index (χ3v) is 9.38. The molecule has 0 spiro atoms. The van der Waals surface area contributed by atoms with Crippen LogP contribution in [-0.2, 0) is 9.53 Å². The minimum Gasteiger partial charge on any atom is -0.502 e. The summed E-state index contributed by atoms with van der Waals surface area (Å²) in [6.45, 7) is 0. The second-order valence-corrected chi connectivity index (χ2v) is 12.4. The molecule has 0 aromatic carbocycles. The minimum absolute atomic E-state index is 0.0212. The van der Waals surface area contributed by atoms with Gasteiger partial charge in [-0.1, -0.05) is 122 Å². The molecule has 3 nitrogen and oxygen atoms in total. The lowest BCUT2D eigenvalue weighted by atomic mass is 9.76. The fourth-order valence-electron chi connectivity index (χ4n) is 7.18. The van der Waals surface area contributed by atoms with Crippen molar-refractivity contribution in [3.05, 3.63) is 11.3 Å². The molecule has 0 amide bonds. The standard InChI is InChI=1S/C33H58O3/c34-32(33(35)36-30-26-20-14-8-3-9-15-21-27-30)31(28-22-16-10-4-1-5-11-17-23-28)29-24-18-12-6-2-7-13-19-25-29/h28-30,34H,1-27H2. The molecule has 0 aromatic rings. The molecule has 3 heteroatoms. The Kier molecular flexibility index (Phi) is 15.0. The number of ether oxygens (including phenoxy) is 1. The number of allylic oxidation sites excluding steroid dienone is 1. The fraction of sp³-hybridized carbons (Fsp3) is 0.909. The number of esters is 1. The van der Waals surface area contributed by atoms with Crippen molar-refractivity contribution in [2.45, 2.75) is 179 Å². The monoisotopic (exact) mass is 502 g/mol. The van der Waals surface area contributed by atoms with Gasteiger partial charge in [-0.15, -0.1) is 0 Å². The van der Waals surface area contributed by atoms with Crippen LogP contribution in [0, 0.1) is 11.8 Å². The zero-order valence-corrected chi connectivity index (χ0v) is 23.6. The van der Waals surface area contributed by atoms with Crippen molar-refractivity contribution in [3.8, 4) is 0 Å². The lowest BCUT2D eigenvalue weighted by molar-refractivity contribution is -0.148. The maximum atomic E-state index is 13.5. The van der Waals surface area contributed by atoms with Crippen molar-refractivity contribution >= 4 is 5.97 Å². The lowest BCUT2D eigenvalue weighted by Crippen LogP contribution is -2.25. The SMILES string of the molecule is O=C(OC1CCCCCCCCC1)C(O)=C(C1CCCCCCCCC1)C1CCCCCCCCC1. The van der Waals surface area contributed by atoms with Gasteiger partial charge in [-0.05, 0) is 68.8 Å². The highest BCUT2D eigenvalue weighted by Gasteiger charge is 2.30. The van der Waals surface area contributed by atoms with E-state index in [0.29, 0.717) is 11.8 Å². The molecule has 0 aliphatic heterocycles. The summed E-state index contributed by atoms with van der Waals surface area (Å²) in [5.41, 5.74) is 1.11. The lowest BCUT2D eigenvalue weighted by Gasteiger charge is -2.30. The van der Waals surface area contributed by atoms with Crippen molar-refractivity contribution in [2.24, 2.45) is 11.8 Å². The summed E-state index contributed by atoms with van der Waals surface area (Å²) < 4.78 is 6.10. The second kappa shape index (κ2) is 18.3. The van der Waals surface area contributed by atoms with Gasteiger partial charge in [0.1, 0.15) is 6.10 Å². The van der Waals surface area contributed by atoms with E-state index >= 15 is 0 Å². The zero-order valence-electron chi connectivity index (χ0n) is 23.6. The van der Waals surface area contributed by atoms with Crippen molar-refractivity contribution in [2.75, 3.05) is 0 Å². The summed E-state index contributed by atoms with van der Waals surface area (Å²) in [5, 5.41) is 11.6. The Bertz CT molecular complexity index is 566. The molecule has 3 fully saturated rings. The van der Waals surface area contributed by atoms with Gasteiger partial charge < -0.3 is 9.84 Å². The molecule has 0 heterocycles. The second-order valence-electron chi connectivity index (χ2n) is 12.4. The van der Waals surface area contributed by atoms with Crippen LogP contribution < -0.4 is 0 Å². The van der Waals surface area contributed by atoms with Gasteiger partial charge in [0.15, 0.2) is 0 Å². The van der Waals surface area contributed by atoms with E-state index in [1.807, 2.05) is 0 Å². The van der Waals surface area contributed by atoms with E-state index in [4.69, 9.17) is 4.74 Å². The van der Waals surface area contributed by atoms with Crippen molar-refractivity contribution < 1.29 is 14.6 Å². The normalized spacial score (nSPS) is 24.3. The molecule has 3 aliphatic rings. The van der Waals surface area contributed by atoms with Crippen molar-refractivity contribution in [1.29, 1.82) is 0 Å². The maximum absolute atomic E-state index is 13.5. The van der Waals surface area contributed by atoms with Gasteiger partial charge in [0.25, 0.3) is 0 Å². The van der Waals surface area contributed by atoms with Crippen molar-refractivity contribution in [3.63, 3.8) is 0 Å². The first-order chi connectivity index (χ1) is 17.8. The first-order valence-corrected chi connectivity index (χ1v) is 16.4. The fourth-order valence-corrected chi connectivity index (χ4v) is 7.18. The van der Waals surface area contributed by atoms with E-state index in [2.05, 4.69) is 0 Å². The molecule has 0 radical (unpaired) electrons. The van der Waals surface area contributed by atoms with Crippen LogP contribution in [0.5, 0.6) is 0 Å². The van der Waals surface area contributed by atoms with E-state index < -0.39 is 5.97 Å². The van der Waals surface area contributed by atoms with Crippen LogP contribution in [0.3, 0.4) is 0 Å². The Labute approximate surface area is 223 Å². The highest BCUT2D eigenvalue weighted by Crippen LogP contribution is 2.39. The van der Waals surface area contributed by atoms with E-state index in [9.17, 15) is 9.90 Å². The Morgan fingerprint density at radius 1 is 0.444 bits per heavy atom. The number of hydrogen-bond donors (Lipinski definition) is 1. The molecule has 36 heavy (non-hydrogen) atoms. The third-order valence-electron chi connectivity index (χ3n) is 9.38. The van der Waals surface area contributed by atoms with E-state index in [1.165, 1.54) is 122 Å². The van der Waals surface area contributed by atoms with E-state index in [0.717, 1.165) is 56.9 Å². The highest BCUT2D eigenvalue weighted by molar-refractivity contribution is 5.87. The molecule has 0 saturated heterocycles. The quantitative estimate of drug-likeness (QED) is 0.236. The molecule has 0 unspecified atom stereocenters. The van der Waals surface area contributed by atoms with Gasteiger partial charge in [0.05, 0.1) is 0 Å². The van der Waals surface area contributed by atoms with Crippen LogP contribution in [0.25, 0.3) is 0 Å². The zero-order chi connectivity index (χ0) is 25.3. The van der Waals surface area contributed by atoms with Gasteiger partial charge in [0.2, 0.25) is 5.76 Å². The molecule has 1 N–H and O–H groups in total. The summed E-state index contributed by atoms with van der Waals surface area (Å²) in [6.07, 6.45) is 33.3. The van der Waals surface area contributed by atoms with Crippen molar-refractivity contribution in [1.82, 2.24) is 0 Å². The summed E-state index contributed by atoms with van der Waals surface area (Å²) in [5.74, 6) is 0.331. The maximum Gasteiger partial charge on any atom is 0.373 e. The molecular weight excluding hydrogens is 444 g/mol. The van der Waals surface area contributed by atoms with Gasteiger partial charge in [-0.2, -0.15) is 0 Å². The predicted molar refractivity (Wildman–Crippen MR) is 151 cm³/mol. The number of carbonyl (C=O) groups excluding carboxylic acids is 1. The Morgan fingerprint density at radius 3 is 1.06 bits per heavy atom. The summed E-state index contributed by atoms with van der Waals surface area (Å²) in [6, 6.07) is 0. The largest absolute Gasteiger partial charge is 0.502 e. The average molecular weight is 503 g/mol. The van der Waals surface area contributed by atoms with Crippen LogP contribution in [0.4, 0.5) is 0 Å². The summed E-state index contributed by atoms with van der Waals surface area (Å²) in [4.78, 5) is 13.5. The predicted octanol–water partition coefficient (Wildman–Crippen LogP) is 10.5.